The average Bonchev–Trinajstić information content (AvgIpc) is 2.67. The maximum absolute atomic E-state index is 12.4. The molecule has 0 radical (unpaired) electrons. The highest BCUT2D eigenvalue weighted by atomic mass is 35.5. The van der Waals surface area contributed by atoms with Crippen molar-refractivity contribution in [1.29, 1.82) is 0 Å². The number of hydrogen-bond donors (Lipinski definition) is 2. The Morgan fingerprint density at radius 2 is 1.96 bits per heavy atom. The van der Waals surface area contributed by atoms with Crippen LogP contribution in [0.25, 0.3) is 0 Å². The Morgan fingerprint density at radius 1 is 1.18 bits per heavy atom. The molecule has 0 saturated heterocycles. The van der Waals surface area contributed by atoms with Gasteiger partial charge in [0.05, 0.1) is 6.04 Å². The van der Waals surface area contributed by atoms with Crippen LogP contribution < -0.4 is 10.6 Å². The van der Waals surface area contributed by atoms with Gasteiger partial charge in [0.25, 0.3) is 5.91 Å². The van der Waals surface area contributed by atoms with Crippen LogP contribution >= 0.6 is 11.6 Å². The van der Waals surface area contributed by atoms with E-state index in [2.05, 4.69) is 35.5 Å². The fourth-order valence-electron chi connectivity index (χ4n) is 2.97. The molecule has 0 bridgehead atoms. The first-order valence-corrected chi connectivity index (χ1v) is 9.74. The standard InChI is InChI=1S/C23H24ClN3O/c1-16-8-6-13-21(24)27-22(14-16)25-17(2)19-11-7-12-20(15-19)26-23(28)18-9-4-3-5-10-18/h3-7,9-17,25H,8H2,1-2H3,(H,26,28)/b13-6+,22-14-,27-21-/t16?,17-/m0/s1. The molecule has 1 aliphatic heterocycles. The fourth-order valence-corrected chi connectivity index (χ4v) is 3.15. The van der Waals surface area contributed by atoms with Gasteiger partial charge in [-0.15, -0.1) is 0 Å². The van der Waals surface area contributed by atoms with Gasteiger partial charge in [0.15, 0.2) is 0 Å². The molecule has 0 aromatic heterocycles. The molecule has 1 unspecified atom stereocenters. The minimum Gasteiger partial charge on any atom is -0.364 e. The lowest BCUT2D eigenvalue weighted by Gasteiger charge is -2.19. The molecule has 28 heavy (non-hydrogen) atoms. The molecule has 2 aromatic carbocycles. The molecule has 0 aliphatic carbocycles. The third-order valence-electron chi connectivity index (χ3n) is 4.48. The lowest BCUT2D eigenvalue weighted by atomic mass is 10.1. The normalized spacial score (nSPS) is 22.5. The number of aliphatic imine (C=N–C) groups is 1. The van der Waals surface area contributed by atoms with Gasteiger partial charge in [-0.2, -0.15) is 0 Å². The molecule has 1 amide bonds. The summed E-state index contributed by atoms with van der Waals surface area (Å²) in [6.45, 7) is 4.20. The van der Waals surface area contributed by atoms with Crippen LogP contribution in [-0.4, -0.2) is 11.1 Å². The van der Waals surface area contributed by atoms with Crippen molar-refractivity contribution in [2.24, 2.45) is 10.9 Å². The number of benzene rings is 2. The Hall–Kier alpha value is -2.85. The summed E-state index contributed by atoms with van der Waals surface area (Å²) >= 11 is 6.14. The van der Waals surface area contributed by atoms with Crippen molar-refractivity contribution in [2.45, 2.75) is 26.3 Å². The average molecular weight is 394 g/mol. The Labute approximate surface area is 171 Å². The molecule has 2 N–H and O–H groups in total. The molecular formula is C23H24ClN3O. The zero-order chi connectivity index (χ0) is 19.9. The molecule has 1 aliphatic rings. The fraction of sp³-hybridized carbons (Fsp3) is 0.217. The number of hydrogen-bond acceptors (Lipinski definition) is 3. The van der Waals surface area contributed by atoms with Gasteiger partial charge in [-0.3, -0.25) is 4.79 Å². The van der Waals surface area contributed by atoms with Gasteiger partial charge in [0.1, 0.15) is 11.0 Å². The molecule has 144 valence electrons. The first-order valence-electron chi connectivity index (χ1n) is 9.36. The first kappa shape index (κ1) is 19.9. The Bertz CT molecular complexity index is 918. The van der Waals surface area contributed by atoms with Crippen molar-refractivity contribution in [3.63, 3.8) is 0 Å². The van der Waals surface area contributed by atoms with Gasteiger partial charge in [-0.1, -0.05) is 54.9 Å². The van der Waals surface area contributed by atoms with Crippen LogP contribution in [0.15, 0.2) is 83.6 Å². The van der Waals surface area contributed by atoms with Crippen molar-refractivity contribution in [2.75, 3.05) is 5.32 Å². The number of carbonyl (C=O) groups excluding carboxylic acids is 1. The SMILES string of the molecule is CC1\C=C(N[C@@H](C)c2cccc(NC(=O)c3ccccc3)c2)/N=C(Cl)/C=C/C1. The third-order valence-corrected chi connectivity index (χ3v) is 4.69. The summed E-state index contributed by atoms with van der Waals surface area (Å²) in [5.41, 5.74) is 2.43. The van der Waals surface area contributed by atoms with Crippen LogP contribution in [0.5, 0.6) is 0 Å². The van der Waals surface area contributed by atoms with E-state index in [9.17, 15) is 4.79 Å². The summed E-state index contributed by atoms with van der Waals surface area (Å²) in [7, 11) is 0. The second-order valence-electron chi connectivity index (χ2n) is 6.91. The highest BCUT2D eigenvalue weighted by molar-refractivity contribution is 6.68. The molecule has 2 aromatic rings. The number of nitrogens with zero attached hydrogens (tertiary/aromatic N) is 1. The van der Waals surface area contributed by atoms with Gasteiger partial charge < -0.3 is 10.6 Å². The van der Waals surface area contributed by atoms with Gasteiger partial charge in [0, 0.05) is 11.3 Å². The van der Waals surface area contributed by atoms with E-state index >= 15 is 0 Å². The molecule has 0 spiro atoms. The summed E-state index contributed by atoms with van der Waals surface area (Å²) in [6, 6.07) is 17.0. The predicted octanol–water partition coefficient (Wildman–Crippen LogP) is 5.66. The minimum atomic E-state index is -0.127. The van der Waals surface area contributed by atoms with Gasteiger partial charge >= 0.3 is 0 Å². The van der Waals surface area contributed by atoms with Gasteiger partial charge in [-0.25, -0.2) is 4.99 Å². The van der Waals surface area contributed by atoms with Crippen molar-refractivity contribution < 1.29 is 4.79 Å². The number of allylic oxidation sites excluding steroid dienone is 3. The summed E-state index contributed by atoms with van der Waals surface area (Å²) in [6.07, 6.45) is 6.87. The van der Waals surface area contributed by atoms with Crippen LogP contribution in [0.4, 0.5) is 5.69 Å². The third kappa shape index (κ3) is 5.57. The number of anilines is 1. The van der Waals surface area contributed by atoms with E-state index in [0.717, 1.165) is 23.5 Å². The van der Waals surface area contributed by atoms with Crippen LogP contribution in [-0.2, 0) is 0 Å². The van der Waals surface area contributed by atoms with E-state index in [0.29, 0.717) is 16.7 Å². The maximum Gasteiger partial charge on any atom is 0.255 e. The second-order valence-corrected chi connectivity index (χ2v) is 7.30. The molecule has 0 fully saturated rings. The molecule has 2 atom stereocenters. The van der Waals surface area contributed by atoms with Gasteiger partial charge in [-0.05, 0) is 61.2 Å². The lowest BCUT2D eigenvalue weighted by molar-refractivity contribution is 0.102. The van der Waals surface area contributed by atoms with E-state index in [4.69, 9.17) is 11.6 Å². The van der Waals surface area contributed by atoms with Crippen LogP contribution in [0.2, 0.25) is 0 Å². The van der Waals surface area contributed by atoms with E-state index < -0.39 is 0 Å². The van der Waals surface area contributed by atoms with E-state index in [1.54, 1.807) is 12.1 Å². The van der Waals surface area contributed by atoms with Crippen LogP contribution in [0.3, 0.4) is 0 Å². The monoisotopic (exact) mass is 393 g/mol. The molecule has 4 nitrogen and oxygen atoms in total. The summed E-state index contributed by atoms with van der Waals surface area (Å²) in [5.74, 6) is 1.00. The molecule has 1 heterocycles. The van der Waals surface area contributed by atoms with E-state index in [1.807, 2.05) is 54.6 Å². The zero-order valence-electron chi connectivity index (χ0n) is 16.0. The van der Waals surface area contributed by atoms with Crippen molar-refractivity contribution in [1.82, 2.24) is 5.32 Å². The number of carbonyl (C=O) groups is 1. The van der Waals surface area contributed by atoms with E-state index in [1.165, 1.54) is 0 Å². The van der Waals surface area contributed by atoms with E-state index in [-0.39, 0.29) is 11.9 Å². The quantitative estimate of drug-likeness (QED) is 0.688. The van der Waals surface area contributed by atoms with Crippen molar-refractivity contribution in [3.8, 4) is 0 Å². The van der Waals surface area contributed by atoms with Crippen LogP contribution in [0.1, 0.15) is 42.2 Å². The topological polar surface area (TPSA) is 53.5 Å². The summed E-state index contributed by atoms with van der Waals surface area (Å²) < 4.78 is 0. The molecule has 5 heteroatoms. The minimum absolute atomic E-state index is 0.00338. The number of rotatable bonds is 5. The van der Waals surface area contributed by atoms with Crippen molar-refractivity contribution in [3.05, 3.63) is 89.8 Å². The first-order chi connectivity index (χ1) is 13.5. The summed E-state index contributed by atoms with van der Waals surface area (Å²) in [4.78, 5) is 16.8. The molecular weight excluding hydrogens is 370 g/mol. The predicted molar refractivity (Wildman–Crippen MR) is 117 cm³/mol. The second kappa shape index (κ2) is 9.38. The Kier molecular flexibility index (Phi) is 6.66. The largest absolute Gasteiger partial charge is 0.364 e. The molecule has 3 rings (SSSR count). The maximum atomic E-state index is 12.4. The lowest BCUT2D eigenvalue weighted by Crippen LogP contribution is -2.19. The molecule has 0 saturated carbocycles. The highest BCUT2D eigenvalue weighted by Gasteiger charge is 2.11. The smallest absolute Gasteiger partial charge is 0.255 e. The summed E-state index contributed by atoms with van der Waals surface area (Å²) in [5, 5.41) is 6.83. The van der Waals surface area contributed by atoms with Gasteiger partial charge in [0.2, 0.25) is 0 Å². The van der Waals surface area contributed by atoms with Crippen LogP contribution in [0, 0.1) is 5.92 Å². The zero-order valence-corrected chi connectivity index (χ0v) is 16.8. The Morgan fingerprint density at radius 3 is 2.75 bits per heavy atom. The van der Waals surface area contributed by atoms with Crippen molar-refractivity contribution >= 4 is 28.4 Å². The number of halogens is 1. The number of amides is 1. The number of nitrogens with one attached hydrogen (secondary N) is 2. The highest BCUT2D eigenvalue weighted by Crippen LogP contribution is 2.21. The Balaban J connectivity index is 1.72.